The molecule has 288 valence electrons. The van der Waals surface area contributed by atoms with Crippen LogP contribution in [-0.4, -0.2) is 101 Å². The monoisotopic (exact) mass is 764 g/mol. The molecule has 7 atom stereocenters. The standard InChI is InChI=1S/C42H57ClN4O5S/c1-29-8-6-18-42(51-3,27-45-20-21-46-19-5-4-10-35(46)25-45)37-14-11-33(37)24-47-26-41(17-7-9-31-22-34(43)13-15-36(31)41)28-52-39-16-12-32(23-38(39)47)40(48)44-53(49,50)30(29)2/h6,12-13,15-16,18,22-23,29-30,33,35,37H,4-5,7-11,14,17,19-21,24-28H2,1-3H3,(H,44,48)/b18-6+/t29-,30+,33-,35-,37+,41+,42+/m1/s1. The van der Waals surface area contributed by atoms with Gasteiger partial charge in [-0.1, -0.05) is 43.2 Å². The average molecular weight is 765 g/mol. The van der Waals surface area contributed by atoms with Gasteiger partial charge >= 0.3 is 0 Å². The maximum absolute atomic E-state index is 13.7. The van der Waals surface area contributed by atoms with Crippen LogP contribution in [-0.2, 0) is 26.6 Å². The van der Waals surface area contributed by atoms with Gasteiger partial charge < -0.3 is 14.4 Å². The molecule has 2 saturated heterocycles. The van der Waals surface area contributed by atoms with Gasteiger partial charge in [-0.15, -0.1) is 0 Å². The molecule has 4 aliphatic heterocycles. The number of hydrogen-bond acceptors (Lipinski definition) is 8. The zero-order chi connectivity index (χ0) is 37.0. The maximum Gasteiger partial charge on any atom is 0.264 e. The van der Waals surface area contributed by atoms with Crippen LogP contribution in [0.3, 0.4) is 0 Å². The van der Waals surface area contributed by atoms with Crippen LogP contribution in [0.2, 0.25) is 5.02 Å². The molecule has 1 spiro atoms. The van der Waals surface area contributed by atoms with Crippen molar-refractivity contribution in [2.24, 2.45) is 17.8 Å². The number of carbonyl (C=O) groups excluding carboxylic acids is 1. The fourth-order valence-corrected chi connectivity index (χ4v) is 12.0. The molecule has 0 aromatic heterocycles. The minimum atomic E-state index is -3.95. The highest BCUT2D eigenvalue weighted by atomic mass is 35.5. The van der Waals surface area contributed by atoms with E-state index in [0.717, 1.165) is 87.8 Å². The van der Waals surface area contributed by atoms with E-state index in [1.54, 1.807) is 13.0 Å². The summed E-state index contributed by atoms with van der Waals surface area (Å²) in [6, 6.07) is 12.3. The lowest BCUT2D eigenvalue weighted by Crippen LogP contribution is -2.61. The third-order valence-electron chi connectivity index (χ3n) is 14.0. The lowest BCUT2D eigenvalue weighted by atomic mass is 9.63. The predicted octanol–water partition coefficient (Wildman–Crippen LogP) is 6.44. The zero-order valence-corrected chi connectivity index (χ0v) is 33.3. The fraction of sp³-hybridized carbons (Fsp3) is 0.643. The molecule has 6 aliphatic rings. The molecule has 9 nitrogen and oxygen atoms in total. The van der Waals surface area contributed by atoms with Crippen LogP contribution in [0.5, 0.6) is 5.75 Å². The number of rotatable bonds is 3. The second-order valence-electron chi connectivity index (χ2n) is 17.1. The van der Waals surface area contributed by atoms with Gasteiger partial charge in [-0.3, -0.25) is 14.6 Å². The first kappa shape index (κ1) is 37.3. The summed E-state index contributed by atoms with van der Waals surface area (Å²) in [6.07, 6.45) is 14.1. The van der Waals surface area contributed by atoms with Crippen molar-refractivity contribution < 1.29 is 22.7 Å². The Balaban J connectivity index is 1.19. The summed E-state index contributed by atoms with van der Waals surface area (Å²) in [4.78, 5) is 21.4. The van der Waals surface area contributed by atoms with Crippen molar-refractivity contribution in [1.29, 1.82) is 0 Å². The van der Waals surface area contributed by atoms with Crippen LogP contribution in [0.4, 0.5) is 5.69 Å². The van der Waals surface area contributed by atoms with E-state index >= 15 is 0 Å². The van der Waals surface area contributed by atoms with Gasteiger partial charge in [0.15, 0.2) is 0 Å². The van der Waals surface area contributed by atoms with Crippen LogP contribution in [0.1, 0.15) is 86.7 Å². The van der Waals surface area contributed by atoms with Crippen molar-refractivity contribution in [3.05, 3.63) is 70.3 Å². The molecule has 3 fully saturated rings. The number of nitrogens with one attached hydrogen (secondary N) is 1. The highest BCUT2D eigenvalue weighted by Gasteiger charge is 2.50. The molecule has 53 heavy (non-hydrogen) atoms. The largest absolute Gasteiger partial charge is 0.490 e. The van der Waals surface area contributed by atoms with Gasteiger partial charge in [0.2, 0.25) is 10.0 Å². The Morgan fingerprint density at radius 1 is 1.02 bits per heavy atom. The topological polar surface area (TPSA) is 91.4 Å². The molecule has 1 amide bonds. The number of aryl methyl sites for hydroxylation is 1. The minimum absolute atomic E-state index is 0.206. The molecule has 11 heteroatoms. The summed E-state index contributed by atoms with van der Waals surface area (Å²) in [6.45, 7) is 10.9. The van der Waals surface area contributed by atoms with E-state index in [9.17, 15) is 13.2 Å². The molecule has 4 heterocycles. The van der Waals surface area contributed by atoms with Crippen LogP contribution >= 0.6 is 11.6 Å². The second-order valence-corrected chi connectivity index (χ2v) is 19.6. The molecule has 0 unspecified atom stereocenters. The van der Waals surface area contributed by atoms with Gasteiger partial charge in [0.05, 0.1) is 17.5 Å². The minimum Gasteiger partial charge on any atom is -0.490 e. The molecule has 8 rings (SSSR count). The number of hydrogen-bond donors (Lipinski definition) is 1. The van der Waals surface area contributed by atoms with Gasteiger partial charge in [0.25, 0.3) is 5.91 Å². The number of anilines is 1. The number of benzene rings is 2. The number of allylic oxidation sites excluding steroid dienone is 1. The molecule has 2 aliphatic carbocycles. The Hall–Kier alpha value is -2.63. The molecule has 0 radical (unpaired) electrons. The SMILES string of the molecule is CO[C@]1(CN2CCN3CCCC[C@@H]3C2)/C=C/C[C@@H](C)[C@H](C)S(=O)(=O)NC(=O)c2ccc3c(c2)N(C[C@H]2CC[C@@H]21)C[C@@]1(CCCc2cc(Cl)ccc21)CO3. The number of ether oxygens (including phenoxy) is 2. The zero-order valence-electron chi connectivity index (χ0n) is 31.7. The smallest absolute Gasteiger partial charge is 0.264 e. The van der Waals surface area contributed by atoms with Crippen LogP contribution in [0.15, 0.2) is 48.6 Å². The van der Waals surface area contributed by atoms with Gasteiger partial charge in [-0.05, 0) is 124 Å². The number of halogens is 1. The van der Waals surface area contributed by atoms with Crippen LogP contribution in [0, 0.1) is 17.8 Å². The molecule has 1 N–H and O–H groups in total. The Morgan fingerprint density at radius 2 is 1.89 bits per heavy atom. The van der Waals surface area contributed by atoms with E-state index in [4.69, 9.17) is 21.1 Å². The summed E-state index contributed by atoms with van der Waals surface area (Å²) < 4.78 is 43.2. The average Bonchev–Trinajstić information content (AvgIpc) is 3.28. The fourth-order valence-electron chi connectivity index (χ4n) is 10.5. The number of piperidine rings is 1. The van der Waals surface area contributed by atoms with Gasteiger partial charge in [-0.25, -0.2) is 13.1 Å². The normalized spacial score (nSPS) is 35.4. The van der Waals surface area contributed by atoms with Crippen molar-refractivity contribution in [3.8, 4) is 5.75 Å². The van der Waals surface area contributed by atoms with Crippen molar-refractivity contribution in [1.82, 2.24) is 14.5 Å². The number of sulfonamides is 1. The van der Waals surface area contributed by atoms with Crippen molar-refractivity contribution in [3.63, 3.8) is 0 Å². The third kappa shape index (κ3) is 7.16. The summed E-state index contributed by atoms with van der Waals surface area (Å²) in [5, 5.41) is -0.0127. The Labute approximate surface area is 321 Å². The Kier molecular flexibility index (Phi) is 10.4. The highest BCUT2D eigenvalue weighted by Crippen LogP contribution is 2.49. The van der Waals surface area contributed by atoms with E-state index in [1.807, 2.05) is 32.2 Å². The maximum atomic E-state index is 13.7. The Bertz CT molecular complexity index is 1840. The van der Waals surface area contributed by atoms with Crippen LogP contribution < -0.4 is 14.4 Å². The number of piperazine rings is 1. The molecular weight excluding hydrogens is 708 g/mol. The molecule has 2 aromatic rings. The van der Waals surface area contributed by atoms with Gasteiger partial charge in [0.1, 0.15) is 11.4 Å². The van der Waals surface area contributed by atoms with E-state index in [-0.39, 0.29) is 17.3 Å². The highest BCUT2D eigenvalue weighted by molar-refractivity contribution is 7.90. The number of nitrogens with zero attached hydrogens (tertiary/aromatic N) is 3. The van der Waals surface area contributed by atoms with E-state index in [2.05, 4.69) is 43.7 Å². The van der Waals surface area contributed by atoms with Crippen molar-refractivity contribution >= 4 is 33.2 Å². The van der Waals surface area contributed by atoms with Gasteiger partial charge in [-0.2, -0.15) is 0 Å². The Morgan fingerprint density at radius 3 is 2.70 bits per heavy atom. The summed E-state index contributed by atoms with van der Waals surface area (Å²) in [5.41, 5.74) is 2.97. The van der Waals surface area contributed by atoms with E-state index < -0.39 is 26.8 Å². The van der Waals surface area contributed by atoms with E-state index in [1.165, 1.54) is 36.9 Å². The van der Waals surface area contributed by atoms with Gasteiger partial charge in [0, 0.05) is 68.4 Å². The number of amides is 1. The lowest BCUT2D eigenvalue weighted by Gasteiger charge is -2.53. The number of methoxy groups -OCH3 is 1. The summed E-state index contributed by atoms with van der Waals surface area (Å²) in [5.74, 6) is 0.551. The molecule has 1 saturated carbocycles. The summed E-state index contributed by atoms with van der Waals surface area (Å²) >= 11 is 6.51. The van der Waals surface area contributed by atoms with Crippen molar-refractivity contribution in [2.75, 3.05) is 64.4 Å². The first-order chi connectivity index (χ1) is 25.5. The van der Waals surface area contributed by atoms with Crippen molar-refractivity contribution in [2.45, 2.75) is 93.9 Å². The van der Waals surface area contributed by atoms with Crippen LogP contribution in [0.25, 0.3) is 0 Å². The second kappa shape index (κ2) is 14.8. The summed E-state index contributed by atoms with van der Waals surface area (Å²) in [7, 11) is -2.07. The first-order valence-electron chi connectivity index (χ1n) is 20.1. The lowest BCUT2D eigenvalue weighted by molar-refractivity contribution is -0.100. The molecule has 2 bridgehead atoms. The quantitative estimate of drug-likeness (QED) is 0.358. The predicted molar refractivity (Wildman–Crippen MR) is 211 cm³/mol. The first-order valence-corrected chi connectivity index (χ1v) is 22.0. The molecule has 2 aromatic carbocycles. The number of carbonyl (C=O) groups is 1. The molecular formula is C42H57ClN4O5S. The number of fused-ring (bicyclic) bond motifs is 5. The third-order valence-corrected chi connectivity index (χ3v) is 16.2. The van der Waals surface area contributed by atoms with E-state index in [0.29, 0.717) is 30.6 Å².